The van der Waals surface area contributed by atoms with Crippen molar-refractivity contribution in [3.8, 4) is 0 Å². The number of nitrogens with two attached hydrogens (primary N) is 3. The summed E-state index contributed by atoms with van der Waals surface area (Å²) in [6.45, 7) is 2.87. The second kappa shape index (κ2) is 15.6. The number of primary amides is 3. The van der Waals surface area contributed by atoms with E-state index in [4.69, 9.17) is 21.6 Å². The minimum absolute atomic E-state index is 0.167. The Hall–Kier alpha value is -5.28. The Labute approximate surface area is 245 Å². The van der Waals surface area contributed by atoms with Gasteiger partial charge < -0.3 is 42.9 Å². The highest BCUT2D eigenvalue weighted by atomic mass is 16.4. The van der Waals surface area contributed by atoms with E-state index in [9.17, 15) is 38.4 Å². The van der Waals surface area contributed by atoms with Crippen LogP contribution in [-0.2, 0) is 33.6 Å². The normalized spacial score (nSPS) is 12.8. The monoisotopic (exact) mass is 601 g/mol. The summed E-state index contributed by atoms with van der Waals surface area (Å²) in [5, 5.41) is 10.4. The van der Waals surface area contributed by atoms with Gasteiger partial charge in [0.25, 0.3) is 0 Å². The molecular formula is C27H35N7O9. The van der Waals surface area contributed by atoms with Gasteiger partial charge in [0.05, 0.1) is 0 Å². The van der Waals surface area contributed by atoms with E-state index in [1.807, 2.05) is 0 Å². The van der Waals surface area contributed by atoms with E-state index in [1.54, 1.807) is 19.1 Å². The third-order valence-corrected chi connectivity index (χ3v) is 6.22. The van der Waals surface area contributed by atoms with Crippen molar-refractivity contribution in [2.75, 3.05) is 5.32 Å². The van der Waals surface area contributed by atoms with E-state index in [0.717, 1.165) is 6.92 Å². The Morgan fingerprint density at radius 3 is 1.65 bits per heavy atom. The fourth-order valence-corrected chi connectivity index (χ4v) is 4.09. The number of fused-ring (bicyclic) bond motifs is 1. The molecule has 43 heavy (non-hydrogen) atoms. The summed E-state index contributed by atoms with van der Waals surface area (Å²) in [4.78, 5) is 96.9. The molecule has 0 aliphatic rings. The molecule has 0 bridgehead atoms. The van der Waals surface area contributed by atoms with Crippen LogP contribution in [0.15, 0.2) is 33.5 Å². The van der Waals surface area contributed by atoms with Crippen LogP contribution in [0.3, 0.4) is 0 Å². The van der Waals surface area contributed by atoms with Gasteiger partial charge in [-0.1, -0.05) is 0 Å². The van der Waals surface area contributed by atoms with E-state index >= 15 is 0 Å². The summed E-state index contributed by atoms with van der Waals surface area (Å²) in [7, 11) is 0. The smallest absolute Gasteiger partial charge is 0.336 e. The van der Waals surface area contributed by atoms with Crippen molar-refractivity contribution in [2.24, 2.45) is 17.2 Å². The number of nitrogens with one attached hydrogen (secondary N) is 4. The molecule has 16 nitrogen and oxygen atoms in total. The summed E-state index contributed by atoms with van der Waals surface area (Å²) in [6, 6.07) is 1.92. The largest absolute Gasteiger partial charge is 0.423 e. The number of carbonyl (C=O) groups is 7. The molecule has 1 aromatic heterocycles. The number of hydrogen-bond acceptors (Lipinski definition) is 9. The van der Waals surface area contributed by atoms with Gasteiger partial charge >= 0.3 is 5.63 Å². The predicted molar refractivity (Wildman–Crippen MR) is 153 cm³/mol. The first kappa shape index (κ1) is 33.9. The third-order valence-electron chi connectivity index (χ3n) is 6.22. The van der Waals surface area contributed by atoms with Gasteiger partial charge in [-0.2, -0.15) is 0 Å². The first-order valence-electron chi connectivity index (χ1n) is 13.2. The molecule has 0 radical (unpaired) electrons. The molecule has 1 aromatic carbocycles. The lowest BCUT2D eigenvalue weighted by atomic mass is 10.0. The van der Waals surface area contributed by atoms with Crippen LogP contribution < -0.4 is 44.1 Å². The second-order valence-electron chi connectivity index (χ2n) is 9.84. The van der Waals surface area contributed by atoms with E-state index in [-0.39, 0.29) is 49.8 Å². The minimum atomic E-state index is -1.41. The molecule has 0 unspecified atom stereocenters. The van der Waals surface area contributed by atoms with Gasteiger partial charge in [0, 0.05) is 49.4 Å². The third kappa shape index (κ3) is 11.3. The van der Waals surface area contributed by atoms with Gasteiger partial charge in [-0.05, 0) is 43.9 Å². The Morgan fingerprint density at radius 2 is 1.19 bits per heavy atom. The zero-order chi connectivity index (χ0) is 32.3. The number of anilines is 1. The number of rotatable bonds is 16. The maximum absolute atomic E-state index is 13.3. The highest BCUT2D eigenvalue weighted by molar-refractivity contribution is 6.00. The summed E-state index contributed by atoms with van der Waals surface area (Å²) in [5.74, 6) is -5.36. The minimum Gasteiger partial charge on any atom is -0.423 e. The van der Waals surface area contributed by atoms with E-state index < -0.39 is 65.1 Å². The van der Waals surface area contributed by atoms with E-state index in [0.29, 0.717) is 10.9 Å². The summed E-state index contributed by atoms with van der Waals surface area (Å²) < 4.78 is 5.19. The fourth-order valence-electron chi connectivity index (χ4n) is 4.09. The predicted octanol–water partition coefficient (Wildman–Crippen LogP) is -1.69. The van der Waals surface area contributed by atoms with E-state index in [1.165, 1.54) is 12.1 Å². The molecule has 1 heterocycles. The van der Waals surface area contributed by atoms with Gasteiger partial charge in [0.1, 0.15) is 23.7 Å². The lowest BCUT2D eigenvalue weighted by Gasteiger charge is -2.25. The lowest BCUT2D eigenvalue weighted by Crippen LogP contribution is -2.56. The van der Waals surface area contributed by atoms with Crippen LogP contribution in [0.1, 0.15) is 51.0 Å². The van der Waals surface area contributed by atoms with Crippen molar-refractivity contribution in [1.82, 2.24) is 16.0 Å². The molecule has 3 atom stereocenters. The van der Waals surface area contributed by atoms with Gasteiger partial charge in [-0.3, -0.25) is 33.6 Å². The molecule has 7 amide bonds. The number of benzene rings is 1. The van der Waals surface area contributed by atoms with Crippen LogP contribution in [-0.4, -0.2) is 59.5 Å². The fraction of sp³-hybridized carbons (Fsp3) is 0.407. The van der Waals surface area contributed by atoms with Gasteiger partial charge in [-0.25, -0.2) is 4.79 Å². The van der Waals surface area contributed by atoms with Crippen molar-refractivity contribution < 1.29 is 38.0 Å². The Bertz CT molecular complexity index is 1470. The van der Waals surface area contributed by atoms with Crippen LogP contribution in [0.25, 0.3) is 11.0 Å². The molecule has 0 saturated heterocycles. The van der Waals surface area contributed by atoms with Crippen LogP contribution in [0.2, 0.25) is 0 Å². The van der Waals surface area contributed by atoms with Gasteiger partial charge in [-0.15, -0.1) is 0 Å². The summed E-state index contributed by atoms with van der Waals surface area (Å²) >= 11 is 0. The Balaban J connectivity index is 2.28. The molecule has 0 aliphatic carbocycles. The zero-order valence-electron chi connectivity index (χ0n) is 23.7. The molecule has 0 aliphatic heterocycles. The molecular weight excluding hydrogens is 566 g/mol. The number of carbonyl (C=O) groups excluding carboxylic acids is 7. The Morgan fingerprint density at radius 1 is 0.721 bits per heavy atom. The summed E-state index contributed by atoms with van der Waals surface area (Å²) in [6.07, 6.45) is -1.53. The zero-order valence-corrected chi connectivity index (χ0v) is 23.7. The maximum atomic E-state index is 13.3. The molecule has 2 rings (SSSR count). The van der Waals surface area contributed by atoms with Crippen molar-refractivity contribution in [2.45, 2.75) is 70.5 Å². The van der Waals surface area contributed by atoms with Gasteiger partial charge in [0.2, 0.25) is 41.4 Å². The van der Waals surface area contributed by atoms with Crippen LogP contribution in [0, 0.1) is 6.92 Å². The molecule has 0 saturated carbocycles. The standard InChI is InChI=1S/C27H35N7O9/c1-13-11-24(39)43-20-12-15(3-4-16(13)20)32-25(40)18(6-9-22(29)37)33-27(42)19(7-10-23(30)38)34-26(41)17(31-14(2)35)5-8-21(28)36/h3-4,11-12,17-19H,5-10H2,1-2H3,(H2,28,36)(H2,29,37)(H2,30,38)(H,31,35)(H,32,40)(H,33,42)(H,34,41)/t17-,18-,19-/m0/s1. The summed E-state index contributed by atoms with van der Waals surface area (Å²) in [5.41, 5.74) is 16.1. The highest BCUT2D eigenvalue weighted by Crippen LogP contribution is 2.21. The second-order valence-corrected chi connectivity index (χ2v) is 9.84. The average molecular weight is 602 g/mol. The first-order chi connectivity index (χ1) is 20.2. The van der Waals surface area contributed by atoms with Crippen LogP contribution >= 0.6 is 0 Å². The molecule has 0 spiro atoms. The number of aryl methyl sites for hydroxylation is 1. The van der Waals surface area contributed by atoms with Crippen molar-refractivity contribution in [1.29, 1.82) is 0 Å². The molecule has 2 aromatic rings. The van der Waals surface area contributed by atoms with Crippen molar-refractivity contribution >= 4 is 58.0 Å². The van der Waals surface area contributed by atoms with E-state index in [2.05, 4.69) is 21.3 Å². The maximum Gasteiger partial charge on any atom is 0.336 e. The van der Waals surface area contributed by atoms with Crippen molar-refractivity contribution in [3.63, 3.8) is 0 Å². The van der Waals surface area contributed by atoms with Crippen LogP contribution in [0.5, 0.6) is 0 Å². The molecule has 16 heteroatoms. The number of hydrogen-bond donors (Lipinski definition) is 7. The molecule has 10 N–H and O–H groups in total. The topological polar surface area (TPSA) is 276 Å². The first-order valence-corrected chi connectivity index (χ1v) is 13.2. The quantitative estimate of drug-likeness (QED) is 0.108. The average Bonchev–Trinajstić information content (AvgIpc) is 2.90. The molecule has 232 valence electrons. The van der Waals surface area contributed by atoms with Gasteiger partial charge in [0.15, 0.2) is 0 Å². The van der Waals surface area contributed by atoms with Crippen molar-refractivity contribution in [3.05, 3.63) is 40.2 Å². The SMILES string of the molecule is CC(=O)N[C@@H](CCC(N)=O)C(=O)N[C@@H](CCC(N)=O)C(=O)N[C@@H](CCC(N)=O)C(=O)Nc1ccc2c(C)cc(=O)oc2c1. The van der Waals surface area contributed by atoms with Crippen LogP contribution in [0.4, 0.5) is 5.69 Å². The molecule has 0 fully saturated rings. The Kier molecular flexibility index (Phi) is 12.3. The lowest BCUT2D eigenvalue weighted by molar-refractivity contribution is -0.133. The highest BCUT2D eigenvalue weighted by Gasteiger charge is 2.30. The number of amides is 7.